The maximum atomic E-state index is 11.3. The summed E-state index contributed by atoms with van der Waals surface area (Å²) in [5.74, 6) is 0. The van der Waals surface area contributed by atoms with Crippen molar-refractivity contribution < 1.29 is 0 Å². The van der Waals surface area contributed by atoms with Crippen molar-refractivity contribution in [1.29, 1.82) is 0 Å². The Morgan fingerprint density at radius 2 is 2.33 bits per heavy atom. The summed E-state index contributed by atoms with van der Waals surface area (Å²) < 4.78 is 0. The fourth-order valence-corrected chi connectivity index (χ4v) is 2.86. The molecule has 0 aliphatic carbocycles. The van der Waals surface area contributed by atoms with E-state index >= 15 is 0 Å². The first-order valence-electron chi connectivity index (χ1n) is 5.61. The zero-order valence-corrected chi connectivity index (χ0v) is 11.7. The van der Waals surface area contributed by atoms with Gasteiger partial charge in [-0.05, 0) is 26.0 Å². The van der Waals surface area contributed by atoms with Crippen LogP contribution in [0.25, 0.3) is 0 Å². The van der Waals surface area contributed by atoms with Crippen molar-refractivity contribution in [2.75, 3.05) is 5.32 Å². The van der Waals surface area contributed by atoms with Crippen LogP contribution < -0.4 is 10.9 Å². The highest BCUT2D eigenvalue weighted by Crippen LogP contribution is 2.20. The van der Waals surface area contributed by atoms with Gasteiger partial charge in [-0.1, -0.05) is 11.6 Å². The van der Waals surface area contributed by atoms with Crippen LogP contribution in [0.15, 0.2) is 23.1 Å². The predicted octanol–water partition coefficient (Wildman–Crippen LogP) is 2.84. The molecule has 0 saturated heterocycles. The molecular formula is C12H14ClN3OS. The van der Waals surface area contributed by atoms with Gasteiger partial charge in [0.2, 0.25) is 0 Å². The maximum Gasteiger partial charge on any atom is 0.285 e. The van der Waals surface area contributed by atoms with Crippen molar-refractivity contribution >= 4 is 28.6 Å². The monoisotopic (exact) mass is 283 g/mol. The molecule has 2 aromatic rings. The normalized spacial score (nSPS) is 12.4. The van der Waals surface area contributed by atoms with E-state index in [9.17, 15) is 4.79 Å². The van der Waals surface area contributed by atoms with Gasteiger partial charge < -0.3 is 5.32 Å². The lowest BCUT2D eigenvalue weighted by Crippen LogP contribution is -2.20. The molecule has 0 aliphatic heterocycles. The number of aryl methyl sites for hydroxylation is 1. The second-order valence-electron chi connectivity index (χ2n) is 4.19. The van der Waals surface area contributed by atoms with Crippen molar-refractivity contribution in [1.82, 2.24) is 10.2 Å². The molecule has 4 nitrogen and oxygen atoms in total. The average Bonchev–Trinajstić information content (AvgIpc) is 2.70. The Morgan fingerprint density at radius 3 is 3.00 bits per heavy atom. The number of hydrogen-bond acceptors (Lipinski definition) is 4. The van der Waals surface area contributed by atoms with Gasteiger partial charge in [0.15, 0.2) is 0 Å². The van der Waals surface area contributed by atoms with E-state index in [2.05, 4.69) is 34.6 Å². The topological polar surface area (TPSA) is 57.8 Å². The molecule has 6 heteroatoms. The first-order chi connectivity index (χ1) is 8.56. The molecule has 18 heavy (non-hydrogen) atoms. The Labute approximate surface area is 114 Å². The first kappa shape index (κ1) is 13.1. The molecule has 0 aliphatic rings. The number of anilines is 1. The van der Waals surface area contributed by atoms with E-state index in [1.807, 2.05) is 6.92 Å². The standard InChI is InChI=1S/C12H14ClN3OS/c1-7(5-9-4-3-8(2)18-9)15-10-6-14-16-12(17)11(10)13/h3-4,6-7H,5H2,1-2H3,(H2,15,16,17). The van der Waals surface area contributed by atoms with Crippen molar-refractivity contribution in [2.24, 2.45) is 0 Å². The smallest absolute Gasteiger partial charge is 0.285 e. The molecule has 2 N–H and O–H groups in total. The van der Waals surface area contributed by atoms with Crippen molar-refractivity contribution in [3.8, 4) is 0 Å². The highest BCUT2D eigenvalue weighted by atomic mass is 35.5. The fraction of sp³-hybridized carbons (Fsp3) is 0.333. The Hall–Kier alpha value is -1.33. The van der Waals surface area contributed by atoms with E-state index < -0.39 is 0 Å². The molecule has 0 amide bonds. The van der Waals surface area contributed by atoms with E-state index in [0.29, 0.717) is 5.69 Å². The van der Waals surface area contributed by atoms with Crippen molar-refractivity contribution in [2.45, 2.75) is 26.3 Å². The summed E-state index contributed by atoms with van der Waals surface area (Å²) in [6.45, 7) is 4.14. The minimum absolute atomic E-state index is 0.152. The summed E-state index contributed by atoms with van der Waals surface area (Å²) in [7, 11) is 0. The Kier molecular flexibility index (Phi) is 4.04. The highest BCUT2D eigenvalue weighted by molar-refractivity contribution is 7.11. The lowest BCUT2D eigenvalue weighted by molar-refractivity contribution is 0.797. The Bertz CT molecular complexity index is 593. The molecular weight excluding hydrogens is 270 g/mol. The Morgan fingerprint density at radius 1 is 1.56 bits per heavy atom. The van der Waals surface area contributed by atoms with Crippen LogP contribution >= 0.6 is 22.9 Å². The molecule has 0 bridgehead atoms. The second kappa shape index (κ2) is 5.54. The number of rotatable bonds is 4. The molecule has 1 unspecified atom stereocenters. The Balaban J connectivity index is 2.05. The molecule has 1 atom stereocenters. The molecule has 2 rings (SSSR count). The number of nitrogens with one attached hydrogen (secondary N) is 2. The van der Waals surface area contributed by atoms with Gasteiger partial charge >= 0.3 is 0 Å². The van der Waals surface area contributed by atoms with Gasteiger partial charge in [0, 0.05) is 22.2 Å². The van der Waals surface area contributed by atoms with E-state index in [-0.39, 0.29) is 16.6 Å². The van der Waals surface area contributed by atoms with E-state index in [1.54, 1.807) is 11.3 Å². The van der Waals surface area contributed by atoms with Crippen LogP contribution in [0.3, 0.4) is 0 Å². The largest absolute Gasteiger partial charge is 0.380 e. The molecule has 0 fully saturated rings. The summed E-state index contributed by atoms with van der Waals surface area (Å²) in [5, 5.41) is 9.37. The number of H-pyrrole nitrogens is 1. The third-order valence-electron chi connectivity index (χ3n) is 2.50. The highest BCUT2D eigenvalue weighted by Gasteiger charge is 2.09. The molecule has 2 aromatic heterocycles. The van der Waals surface area contributed by atoms with Crippen LogP contribution in [0.5, 0.6) is 0 Å². The number of thiophene rings is 1. The summed E-state index contributed by atoms with van der Waals surface area (Å²) in [6, 6.07) is 4.41. The zero-order chi connectivity index (χ0) is 13.1. The zero-order valence-electron chi connectivity index (χ0n) is 10.2. The SMILES string of the molecule is Cc1ccc(CC(C)Nc2cn[nH]c(=O)c2Cl)s1. The lowest BCUT2D eigenvalue weighted by atomic mass is 10.2. The van der Waals surface area contributed by atoms with E-state index in [1.165, 1.54) is 16.0 Å². The number of aromatic amines is 1. The van der Waals surface area contributed by atoms with Crippen molar-refractivity contribution in [3.05, 3.63) is 43.5 Å². The molecule has 0 radical (unpaired) electrons. The maximum absolute atomic E-state index is 11.3. The van der Waals surface area contributed by atoms with Crippen LogP contribution in [0.4, 0.5) is 5.69 Å². The van der Waals surface area contributed by atoms with Gasteiger partial charge in [-0.3, -0.25) is 4.79 Å². The van der Waals surface area contributed by atoms with Crippen LogP contribution in [-0.4, -0.2) is 16.2 Å². The molecule has 0 spiro atoms. The quantitative estimate of drug-likeness (QED) is 0.907. The van der Waals surface area contributed by atoms with Crippen LogP contribution in [-0.2, 0) is 6.42 Å². The molecule has 0 saturated carbocycles. The van der Waals surface area contributed by atoms with Gasteiger partial charge in [0.25, 0.3) is 5.56 Å². The summed E-state index contributed by atoms with van der Waals surface area (Å²) >= 11 is 7.68. The summed E-state index contributed by atoms with van der Waals surface area (Å²) in [5.41, 5.74) is 0.196. The number of nitrogens with zero attached hydrogens (tertiary/aromatic N) is 1. The third kappa shape index (κ3) is 3.11. The minimum Gasteiger partial charge on any atom is -0.380 e. The fourth-order valence-electron chi connectivity index (χ4n) is 1.70. The molecule has 96 valence electrons. The van der Waals surface area contributed by atoms with E-state index in [0.717, 1.165) is 6.42 Å². The first-order valence-corrected chi connectivity index (χ1v) is 6.80. The third-order valence-corrected chi connectivity index (χ3v) is 3.90. The number of aromatic nitrogens is 2. The van der Waals surface area contributed by atoms with Gasteiger partial charge in [-0.15, -0.1) is 11.3 Å². The summed E-state index contributed by atoms with van der Waals surface area (Å²) in [6.07, 6.45) is 2.42. The van der Waals surface area contributed by atoms with Gasteiger partial charge in [-0.25, -0.2) is 5.10 Å². The lowest BCUT2D eigenvalue weighted by Gasteiger charge is -2.14. The van der Waals surface area contributed by atoms with Gasteiger partial charge in [0.1, 0.15) is 5.02 Å². The van der Waals surface area contributed by atoms with Crippen molar-refractivity contribution in [3.63, 3.8) is 0 Å². The molecule has 2 heterocycles. The van der Waals surface area contributed by atoms with E-state index in [4.69, 9.17) is 11.6 Å². The van der Waals surface area contributed by atoms with Crippen LogP contribution in [0.1, 0.15) is 16.7 Å². The minimum atomic E-state index is -0.374. The van der Waals surface area contributed by atoms with Crippen LogP contribution in [0.2, 0.25) is 5.02 Å². The molecule has 0 aromatic carbocycles. The van der Waals surface area contributed by atoms with Gasteiger partial charge in [0.05, 0.1) is 11.9 Å². The summed E-state index contributed by atoms with van der Waals surface area (Å²) in [4.78, 5) is 13.9. The van der Waals surface area contributed by atoms with Gasteiger partial charge in [-0.2, -0.15) is 5.10 Å². The number of hydrogen-bond donors (Lipinski definition) is 2. The second-order valence-corrected chi connectivity index (χ2v) is 5.94. The predicted molar refractivity (Wildman–Crippen MR) is 75.7 cm³/mol. The van der Waals surface area contributed by atoms with Crippen LogP contribution in [0, 0.1) is 6.92 Å². The number of halogens is 1. The average molecular weight is 284 g/mol.